The van der Waals surface area contributed by atoms with E-state index in [1.165, 1.54) is 12.1 Å². The second-order valence-corrected chi connectivity index (χ2v) is 6.89. The monoisotopic (exact) mass is 368 g/mol. The summed E-state index contributed by atoms with van der Waals surface area (Å²) in [5.41, 5.74) is 2.09. The van der Waals surface area contributed by atoms with Gasteiger partial charge in [0.15, 0.2) is 0 Å². The topological polar surface area (TPSA) is 56.9 Å². The minimum Gasteiger partial charge on any atom is -0.508 e. The molecule has 140 valence electrons. The Morgan fingerprint density at radius 1 is 1.11 bits per heavy atom. The van der Waals surface area contributed by atoms with Gasteiger partial charge < -0.3 is 14.4 Å². The number of rotatable bonds is 3. The van der Waals surface area contributed by atoms with Gasteiger partial charge in [-0.15, -0.1) is 0 Å². The molecule has 0 atom stereocenters. The molecular weight excluding hydrogens is 347 g/mol. The summed E-state index contributed by atoms with van der Waals surface area (Å²) >= 11 is 0. The molecule has 0 unspecified atom stereocenters. The number of benzene rings is 2. The van der Waals surface area contributed by atoms with Crippen LogP contribution >= 0.6 is 0 Å². The van der Waals surface area contributed by atoms with E-state index in [1.54, 1.807) is 31.2 Å². The van der Waals surface area contributed by atoms with Crippen molar-refractivity contribution in [2.75, 3.05) is 31.1 Å². The summed E-state index contributed by atoms with van der Waals surface area (Å²) in [6, 6.07) is 11.7. The lowest BCUT2D eigenvalue weighted by Gasteiger charge is -2.36. The summed E-state index contributed by atoms with van der Waals surface area (Å²) in [5.74, 6) is -0.0887. The van der Waals surface area contributed by atoms with Gasteiger partial charge in [-0.2, -0.15) is 0 Å². The van der Waals surface area contributed by atoms with Crippen LogP contribution in [0.1, 0.15) is 11.1 Å². The number of phenols is 1. The fourth-order valence-electron chi connectivity index (χ4n) is 3.64. The molecule has 0 saturated carbocycles. The number of fused-ring (bicyclic) bond motifs is 1. The smallest absolute Gasteiger partial charge is 0.336 e. The number of anilines is 1. The first kappa shape index (κ1) is 17.5. The van der Waals surface area contributed by atoms with Gasteiger partial charge in [0.2, 0.25) is 0 Å². The van der Waals surface area contributed by atoms with Gasteiger partial charge in [-0.3, -0.25) is 4.90 Å². The maximum Gasteiger partial charge on any atom is 0.336 e. The lowest BCUT2D eigenvalue weighted by Crippen LogP contribution is -2.46. The van der Waals surface area contributed by atoms with Crippen molar-refractivity contribution in [3.05, 3.63) is 69.8 Å². The quantitative estimate of drug-likeness (QED) is 0.719. The molecule has 1 aliphatic rings. The number of para-hydroxylation sites is 1. The molecule has 1 aromatic heterocycles. The number of hydrogen-bond donors (Lipinski definition) is 1. The van der Waals surface area contributed by atoms with E-state index in [0.717, 1.165) is 37.1 Å². The van der Waals surface area contributed by atoms with E-state index >= 15 is 0 Å². The van der Waals surface area contributed by atoms with Crippen LogP contribution in [0.4, 0.5) is 10.1 Å². The summed E-state index contributed by atoms with van der Waals surface area (Å²) < 4.78 is 19.3. The molecule has 2 aromatic carbocycles. The van der Waals surface area contributed by atoms with Gasteiger partial charge in [-0.1, -0.05) is 12.1 Å². The van der Waals surface area contributed by atoms with E-state index in [9.17, 15) is 14.3 Å². The molecule has 5 nitrogen and oxygen atoms in total. The van der Waals surface area contributed by atoms with Gasteiger partial charge in [0, 0.05) is 49.7 Å². The average molecular weight is 368 g/mol. The van der Waals surface area contributed by atoms with Crippen LogP contribution in [-0.4, -0.2) is 36.2 Å². The number of hydrogen-bond acceptors (Lipinski definition) is 5. The van der Waals surface area contributed by atoms with Crippen LogP contribution in [0.25, 0.3) is 11.0 Å². The molecule has 2 heterocycles. The Morgan fingerprint density at radius 3 is 2.59 bits per heavy atom. The molecule has 1 N–H and O–H groups in total. The minimum atomic E-state index is -0.420. The molecule has 4 rings (SSSR count). The zero-order chi connectivity index (χ0) is 19.0. The molecule has 1 fully saturated rings. The average Bonchev–Trinajstić information content (AvgIpc) is 2.66. The minimum absolute atomic E-state index is 0.112. The van der Waals surface area contributed by atoms with E-state index in [1.807, 2.05) is 11.0 Å². The van der Waals surface area contributed by atoms with E-state index < -0.39 is 5.63 Å². The van der Waals surface area contributed by atoms with Crippen molar-refractivity contribution in [3.8, 4) is 5.75 Å². The Morgan fingerprint density at radius 2 is 1.85 bits per heavy atom. The molecule has 0 radical (unpaired) electrons. The lowest BCUT2D eigenvalue weighted by atomic mass is 10.1. The number of phenolic OH excluding ortho intramolecular Hbond substituents is 1. The zero-order valence-electron chi connectivity index (χ0n) is 15.1. The van der Waals surface area contributed by atoms with Crippen molar-refractivity contribution in [3.63, 3.8) is 0 Å². The second kappa shape index (κ2) is 7.04. The second-order valence-electron chi connectivity index (χ2n) is 6.89. The molecule has 1 saturated heterocycles. The SMILES string of the molecule is Cc1c(O)ccc2c(CN3CCN(c4ccccc4F)CC3)cc(=O)oc12. The van der Waals surface area contributed by atoms with Gasteiger partial charge in [-0.05, 0) is 36.8 Å². The maximum atomic E-state index is 14.0. The Hall–Kier alpha value is -2.86. The molecule has 3 aromatic rings. The summed E-state index contributed by atoms with van der Waals surface area (Å²) in [6.07, 6.45) is 0. The predicted molar refractivity (Wildman–Crippen MR) is 103 cm³/mol. The highest BCUT2D eigenvalue weighted by Crippen LogP contribution is 2.28. The van der Waals surface area contributed by atoms with Gasteiger partial charge in [0.1, 0.15) is 17.1 Å². The van der Waals surface area contributed by atoms with Gasteiger partial charge >= 0.3 is 5.63 Å². The van der Waals surface area contributed by atoms with Crippen molar-refractivity contribution in [2.24, 2.45) is 0 Å². The predicted octanol–water partition coefficient (Wildman–Crippen LogP) is 3.27. The fraction of sp³-hybridized carbons (Fsp3) is 0.286. The highest BCUT2D eigenvalue weighted by Gasteiger charge is 2.20. The van der Waals surface area contributed by atoms with E-state index in [4.69, 9.17) is 4.42 Å². The van der Waals surface area contributed by atoms with E-state index in [0.29, 0.717) is 23.4 Å². The molecule has 0 amide bonds. The third-order valence-corrected chi connectivity index (χ3v) is 5.18. The van der Waals surface area contributed by atoms with Crippen molar-refractivity contribution < 1.29 is 13.9 Å². The Balaban J connectivity index is 1.54. The van der Waals surface area contributed by atoms with Crippen molar-refractivity contribution in [1.29, 1.82) is 0 Å². The van der Waals surface area contributed by atoms with Crippen LogP contribution < -0.4 is 10.5 Å². The van der Waals surface area contributed by atoms with Crippen LogP contribution in [-0.2, 0) is 6.54 Å². The number of piperazine rings is 1. The Kier molecular flexibility index (Phi) is 4.58. The van der Waals surface area contributed by atoms with Crippen LogP contribution in [0.2, 0.25) is 0 Å². The summed E-state index contributed by atoms with van der Waals surface area (Å²) in [4.78, 5) is 16.3. The summed E-state index contributed by atoms with van der Waals surface area (Å²) in [6.45, 7) is 5.33. The summed E-state index contributed by atoms with van der Waals surface area (Å²) in [7, 11) is 0. The molecule has 0 aliphatic carbocycles. The zero-order valence-corrected chi connectivity index (χ0v) is 15.1. The third-order valence-electron chi connectivity index (χ3n) is 5.18. The van der Waals surface area contributed by atoms with Gasteiger partial charge in [0.25, 0.3) is 0 Å². The number of halogens is 1. The molecule has 0 bridgehead atoms. The standard InChI is InChI=1S/C21H21FN2O3/c1-14-19(25)7-6-16-15(12-20(26)27-21(14)16)13-23-8-10-24(11-9-23)18-5-3-2-4-17(18)22/h2-7,12,25H,8-11,13H2,1H3. The highest BCUT2D eigenvalue weighted by atomic mass is 19.1. The van der Waals surface area contributed by atoms with E-state index in [2.05, 4.69) is 4.90 Å². The van der Waals surface area contributed by atoms with Crippen LogP contribution in [0.15, 0.2) is 51.7 Å². The highest BCUT2D eigenvalue weighted by molar-refractivity contribution is 5.84. The number of aryl methyl sites for hydroxylation is 1. The van der Waals surface area contributed by atoms with Gasteiger partial charge in [-0.25, -0.2) is 9.18 Å². The molecule has 0 spiro atoms. The third kappa shape index (κ3) is 3.40. The normalized spacial score (nSPS) is 15.4. The maximum absolute atomic E-state index is 14.0. The number of aromatic hydroxyl groups is 1. The van der Waals surface area contributed by atoms with Crippen molar-refractivity contribution in [2.45, 2.75) is 13.5 Å². The van der Waals surface area contributed by atoms with Crippen molar-refractivity contribution >= 4 is 16.7 Å². The van der Waals surface area contributed by atoms with Crippen LogP contribution in [0, 0.1) is 12.7 Å². The van der Waals surface area contributed by atoms with Crippen LogP contribution in [0.5, 0.6) is 5.75 Å². The first-order chi connectivity index (χ1) is 13.0. The lowest BCUT2D eigenvalue weighted by molar-refractivity contribution is 0.249. The largest absolute Gasteiger partial charge is 0.508 e. The first-order valence-corrected chi connectivity index (χ1v) is 9.00. The fourth-order valence-corrected chi connectivity index (χ4v) is 3.64. The van der Waals surface area contributed by atoms with E-state index in [-0.39, 0.29) is 11.6 Å². The molecule has 1 aliphatic heterocycles. The van der Waals surface area contributed by atoms with Gasteiger partial charge in [0.05, 0.1) is 5.69 Å². The Bertz CT molecular complexity index is 1040. The van der Waals surface area contributed by atoms with Crippen molar-refractivity contribution in [1.82, 2.24) is 4.90 Å². The summed E-state index contributed by atoms with van der Waals surface area (Å²) in [5, 5.41) is 10.7. The Labute approximate surface area is 156 Å². The molecule has 27 heavy (non-hydrogen) atoms. The molecular formula is C21H21FN2O3. The molecule has 6 heteroatoms. The number of nitrogens with zero attached hydrogens (tertiary/aromatic N) is 2. The van der Waals surface area contributed by atoms with Crippen LogP contribution in [0.3, 0.4) is 0 Å². The first-order valence-electron chi connectivity index (χ1n) is 9.00.